The van der Waals surface area contributed by atoms with Crippen LogP contribution in [0.15, 0.2) is 36.9 Å². The van der Waals surface area contributed by atoms with Gasteiger partial charge < -0.3 is 0 Å². The predicted molar refractivity (Wildman–Crippen MR) is 108 cm³/mol. The summed E-state index contributed by atoms with van der Waals surface area (Å²) in [4.78, 5) is 17.1. The van der Waals surface area contributed by atoms with Gasteiger partial charge in [-0.15, -0.1) is 0 Å². The van der Waals surface area contributed by atoms with E-state index in [9.17, 15) is 4.79 Å². The number of hydrogen-bond donors (Lipinski definition) is 1. The number of rotatable bonds is 8. The number of halogens is 2. The highest BCUT2D eigenvalue weighted by molar-refractivity contribution is 9.11. The van der Waals surface area contributed by atoms with E-state index in [1.165, 1.54) is 25.7 Å². The lowest BCUT2D eigenvalue weighted by Crippen LogP contribution is -2.17. The molecule has 0 aliphatic carbocycles. The Bertz CT molecular complexity index is 762. The summed E-state index contributed by atoms with van der Waals surface area (Å²) in [5.74, 6) is 0. The van der Waals surface area contributed by atoms with E-state index in [4.69, 9.17) is 0 Å². The molecule has 1 heterocycles. The molecule has 0 aliphatic rings. The van der Waals surface area contributed by atoms with E-state index in [1.807, 2.05) is 25.1 Å². The zero-order valence-corrected chi connectivity index (χ0v) is 17.3. The Morgan fingerprint density at radius 1 is 1.21 bits per heavy atom. The van der Waals surface area contributed by atoms with Crippen LogP contribution in [-0.4, -0.2) is 22.5 Å². The fraction of sp³-hybridized carbons (Fsp3) is 0.444. The summed E-state index contributed by atoms with van der Waals surface area (Å²) in [6, 6.07) is 5.72. The second-order valence-corrected chi connectivity index (χ2v) is 7.61. The third-order valence-electron chi connectivity index (χ3n) is 3.88. The van der Waals surface area contributed by atoms with Crippen LogP contribution in [0, 0.1) is 6.92 Å². The number of benzene rings is 1. The number of nitrogens with one attached hydrogen (secondary N) is 1. The maximum Gasteiger partial charge on any atom is 0.280 e. The van der Waals surface area contributed by atoms with Crippen molar-refractivity contribution in [3.8, 4) is 5.69 Å². The van der Waals surface area contributed by atoms with Gasteiger partial charge in [-0.25, -0.2) is 4.68 Å². The van der Waals surface area contributed by atoms with Gasteiger partial charge in [-0.3, -0.25) is 14.9 Å². The molecule has 1 aromatic carbocycles. The predicted octanol–water partition coefficient (Wildman–Crippen LogP) is 5.39. The lowest BCUT2D eigenvalue weighted by Gasteiger charge is -2.04. The van der Waals surface area contributed by atoms with Crippen molar-refractivity contribution in [1.82, 2.24) is 9.78 Å². The number of hydrogen-bond acceptors (Lipinski definition) is 2. The molecule has 0 fully saturated rings. The van der Waals surface area contributed by atoms with E-state index >= 15 is 0 Å². The van der Waals surface area contributed by atoms with Crippen molar-refractivity contribution >= 4 is 38.1 Å². The van der Waals surface area contributed by atoms with Crippen molar-refractivity contribution in [2.45, 2.75) is 46.0 Å². The van der Waals surface area contributed by atoms with Crippen LogP contribution in [0.5, 0.6) is 0 Å². The summed E-state index contributed by atoms with van der Waals surface area (Å²) in [5.41, 5.74) is 2.15. The van der Waals surface area contributed by atoms with Crippen molar-refractivity contribution < 1.29 is 0 Å². The maximum absolute atomic E-state index is 12.6. The number of aromatic amines is 1. The average Bonchev–Trinajstić information content (AvgIpc) is 2.81. The molecular weight excluding hydrogens is 434 g/mol. The van der Waals surface area contributed by atoms with Gasteiger partial charge >= 0.3 is 0 Å². The minimum absolute atomic E-state index is 0.0785. The number of aryl methyl sites for hydroxylation is 1. The third kappa shape index (κ3) is 4.93. The van der Waals surface area contributed by atoms with Crippen LogP contribution in [0.1, 0.15) is 50.3 Å². The van der Waals surface area contributed by atoms with Crippen LogP contribution in [0.4, 0.5) is 0 Å². The van der Waals surface area contributed by atoms with Gasteiger partial charge in [-0.05, 0) is 47.5 Å². The van der Waals surface area contributed by atoms with Crippen LogP contribution >= 0.6 is 31.9 Å². The van der Waals surface area contributed by atoms with E-state index in [0.29, 0.717) is 5.56 Å². The first-order valence-corrected chi connectivity index (χ1v) is 9.90. The van der Waals surface area contributed by atoms with E-state index < -0.39 is 0 Å². The molecule has 0 bridgehead atoms. The van der Waals surface area contributed by atoms with Gasteiger partial charge in [0, 0.05) is 27.4 Å². The second-order valence-electron chi connectivity index (χ2n) is 5.84. The number of aliphatic imine (C=N–C) groups is 1. The van der Waals surface area contributed by atoms with E-state index in [0.717, 1.165) is 33.3 Å². The van der Waals surface area contributed by atoms with E-state index in [2.05, 4.69) is 48.9 Å². The van der Waals surface area contributed by atoms with Gasteiger partial charge in [0.05, 0.1) is 11.3 Å². The summed E-state index contributed by atoms with van der Waals surface area (Å²) >= 11 is 6.92. The SMILES string of the molecule is CCCCCCCN=Cc1c(C)[nH]n(-c2ccc(Br)cc2Br)c1=O. The standard InChI is InChI=1S/C18H23Br2N3O/c1-3-4-5-6-7-10-21-12-15-13(2)22-23(18(15)24)17-9-8-14(19)11-16(17)20/h8-9,11-12,22H,3-7,10H2,1-2H3. The molecule has 24 heavy (non-hydrogen) atoms. The first-order chi connectivity index (χ1) is 11.5. The number of H-pyrrole nitrogens is 1. The van der Waals surface area contributed by atoms with Gasteiger partial charge in [-0.2, -0.15) is 0 Å². The fourth-order valence-corrected chi connectivity index (χ4v) is 3.73. The smallest absolute Gasteiger partial charge is 0.280 e. The van der Waals surface area contributed by atoms with Crippen molar-refractivity contribution in [2.24, 2.45) is 4.99 Å². The monoisotopic (exact) mass is 455 g/mol. The molecule has 2 rings (SSSR count). The molecule has 0 spiro atoms. The molecule has 0 saturated heterocycles. The average molecular weight is 457 g/mol. The molecule has 0 atom stereocenters. The lowest BCUT2D eigenvalue weighted by molar-refractivity contribution is 0.639. The maximum atomic E-state index is 12.6. The zero-order chi connectivity index (χ0) is 17.5. The molecule has 2 aromatic rings. The summed E-state index contributed by atoms with van der Waals surface area (Å²) in [7, 11) is 0. The van der Waals surface area contributed by atoms with E-state index in [1.54, 1.807) is 10.9 Å². The Morgan fingerprint density at radius 2 is 1.96 bits per heavy atom. The number of unbranched alkanes of at least 4 members (excludes halogenated alkanes) is 4. The number of nitrogens with zero attached hydrogens (tertiary/aromatic N) is 2. The largest absolute Gasteiger partial charge is 0.295 e. The lowest BCUT2D eigenvalue weighted by atomic mass is 10.1. The van der Waals surface area contributed by atoms with E-state index in [-0.39, 0.29) is 5.56 Å². The first kappa shape index (κ1) is 19.2. The molecule has 0 saturated carbocycles. The van der Waals surface area contributed by atoms with Crippen molar-refractivity contribution in [3.63, 3.8) is 0 Å². The Kier molecular flexibility index (Phi) is 7.49. The Morgan fingerprint density at radius 3 is 2.67 bits per heavy atom. The summed E-state index contributed by atoms with van der Waals surface area (Å²) in [6.07, 6.45) is 7.78. The Labute approximate surface area is 159 Å². The van der Waals surface area contributed by atoms with Crippen LogP contribution in [-0.2, 0) is 0 Å². The van der Waals surface area contributed by atoms with Crippen molar-refractivity contribution in [3.05, 3.63) is 48.8 Å². The quantitative estimate of drug-likeness (QED) is 0.420. The highest BCUT2D eigenvalue weighted by Crippen LogP contribution is 2.24. The topological polar surface area (TPSA) is 50.1 Å². The van der Waals surface area contributed by atoms with Crippen molar-refractivity contribution in [1.29, 1.82) is 0 Å². The highest BCUT2D eigenvalue weighted by Gasteiger charge is 2.12. The van der Waals surface area contributed by atoms with Gasteiger partial charge in [0.15, 0.2) is 0 Å². The van der Waals surface area contributed by atoms with Crippen LogP contribution in [0.2, 0.25) is 0 Å². The molecule has 0 unspecified atom stereocenters. The first-order valence-electron chi connectivity index (χ1n) is 8.31. The minimum atomic E-state index is -0.0785. The summed E-state index contributed by atoms with van der Waals surface area (Å²) < 4.78 is 3.35. The molecule has 6 heteroatoms. The molecule has 0 radical (unpaired) electrons. The molecule has 130 valence electrons. The molecule has 1 N–H and O–H groups in total. The van der Waals surface area contributed by atoms with Gasteiger partial charge in [-0.1, -0.05) is 48.5 Å². The summed E-state index contributed by atoms with van der Waals surface area (Å²) in [6.45, 7) is 4.88. The van der Waals surface area contributed by atoms with Crippen LogP contribution in [0.25, 0.3) is 5.69 Å². The highest BCUT2D eigenvalue weighted by atomic mass is 79.9. The normalized spacial score (nSPS) is 11.5. The van der Waals surface area contributed by atoms with Crippen molar-refractivity contribution in [2.75, 3.05) is 6.54 Å². The van der Waals surface area contributed by atoms with Gasteiger partial charge in [0.25, 0.3) is 5.56 Å². The number of aromatic nitrogens is 2. The molecule has 0 aliphatic heterocycles. The fourth-order valence-electron chi connectivity index (χ4n) is 2.51. The Hall–Kier alpha value is -1.14. The molecular formula is C18H23Br2N3O. The Balaban J connectivity index is 2.10. The molecule has 1 aromatic heterocycles. The summed E-state index contributed by atoms with van der Waals surface area (Å²) in [5, 5.41) is 3.13. The minimum Gasteiger partial charge on any atom is -0.295 e. The second kappa shape index (κ2) is 9.37. The molecule has 4 nitrogen and oxygen atoms in total. The van der Waals surface area contributed by atoms with Crippen LogP contribution in [0.3, 0.4) is 0 Å². The third-order valence-corrected chi connectivity index (χ3v) is 5.01. The van der Waals surface area contributed by atoms with Crippen LogP contribution < -0.4 is 5.56 Å². The molecule has 0 amide bonds. The zero-order valence-electron chi connectivity index (χ0n) is 14.1. The van der Waals surface area contributed by atoms with Gasteiger partial charge in [0.2, 0.25) is 0 Å². The van der Waals surface area contributed by atoms with Gasteiger partial charge in [0.1, 0.15) is 0 Å².